The van der Waals surface area contributed by atoms with E-state index in [1.165, 1.54) is 6.92 Å². The summed E-state index contributed by atoms with van der Waals surface area (Å²) < 4.78 is 27.5. The maximum atomic E-state index is 13.9. The average Bonchev–Trinajstić information content (AvgIpc) is 1.94. The SMILES string of the molecule is CC1(F)CC2CC(F)(CCN2O)C1. The summed E-state index contributed by atoms with van der Waals surface area (Å²) >= 11 is 0. The third kappa shape index (κ3) is 1.70. The molecule has 0 amide bonds. The lowest BCUT2D eigenvalue weighted by Crippen LogP contribution is -2.55. The molecule has 2 aliphatic rings. The Hall–Kier alpha value is -0.220. The Morgan fingerprint density at radius 3 is 2.77 bits per heavy atom. The van der Waals surface area contributed by atoms with Gasteiger partial charge in [-0.1, -0.05) is 0 Å². The van der Waals surface area contributed by atoms with Crippen molar-refractivity contribution in [1.82, 2.24) is 5.06 Å². The summed E-state index contributed by atoms with van der Waals surface area (Å²) in [6, 6.07) is -0.331. The van der Waals surface area contributed by atoms with E-state index in [-0.39, 0.29) is 31.7 Å². The minimum Gasteiger partial charge on any atom is -0.314 e. The van der Waals surface area contributed by atoms with Crippen molar-refractivity contribution < 1.29 is 14.0 Å². The molecule has 3 atom stereocenters. The van der Waals surface area contributed by atoms with Crippen molar-refractivity contribution in [3.8, 4) is 0 Å². The van der Waals surface area contributed by atoms with Crippen LogP contribution in [-0.2, 0) is 0 Å². The standard InChI is InChI=1S/C9H15F2NO/c1-8(10)4-7-5-9(11,6-8)2-3-12(7)13/h7,13H,2-6H2,1H3. The van der Waals surface area contributed by atoms with Crippen LogP contribution in [0.25, 0.3) is 0 Å². The molecule has 2 bridgehead atoms. The number of alkyl halides is 2. The molecule has 2 fully saturated rings. The minimum atomic E-state index is -1.46. The van der Waals surface area contributed by atoms with E-state index in [2.05, 4.69) is 0 Å². The zero-order valence-corrected chi connectivity index (χ0v) is 7.76. The van der Waals surface area contributed by atoms with Crippen LogP contribution in [0.1, 0.15) is 32.6 Å². The number of piperidine rings is 1. The first-order valence-electron chi connectivity index (χ1n) is 4.74. The molecule has 2 nitrogen and oxygen atoms in total. The van der Waals surface area contributed by atoms with Gasteiger partial charge in [-0.15, -0.1) is 0 Å². The van der Waals surface area contributed by atoms with Crippen LogP contribution in [0.15, 0.2) is 0 Å². The Morgan fingerprint density at radius 2 is 2.08 bits per heavy atom. The van der Waals surface area contributed by atoms with Crippen molar-refractivity contribution in [2.45, 2.75) is 50.0 Å². The van der Waals surface area contributed by atoms with Crippen LogP contribution < -0.4 is 0 Å². The van der Waals surface area contributed by atoms with Crippen LogP contribution in [0.4, 0.5) is 8.78 Å². The molecular weight excluding hydrogens is 176 g/mol. The fraction of sp³-hybridized carbons (Fsp3) is 1.00. The Morgan fingerprint density at radius 1 is 1.38 bits per heavy atom. The number of hydrogen-bond acceptors (Lipinski definition) is 2. The first-order valence-corrected chi connectivity index (χ1v) is 4.74. The van der Waals surface area contributed by atoms with E-state index in [1.807, 2.05) is 0 Å². The van der Waals surface area contributed by atoms with E-state index in [1.54, 1.807) is 0 Å². The van der Waals surface area contributed by atoms with Gasteiger partial charge in [-0.2, -0.15) is 5.06 Å². The summed E-state index contributed by atoms with van der Waals surface area (Å²) in [6.45, 7) is 1.75. The van der Waals surface area contributed by atoms with Crippen LogP contribution in [-0.4, -0.2) is 34.2 Å². The highest BCUT2D eigenvalue weighted by atomic mass is 19.2. The van der Waals surface area contributed by atoms with Crippen molar-refractivity contribution in [3.05, 3.63) is 0 Å². The quantitative estimate of drug-likeness (QED) is 0.633. The van der Waals surface area contributed by atoms with Crippen LogP contribution in [0.3, 0.4) is 0 Å². The van der Waals surface area contributed by atoms with Gasteiger partial charge in [0.1, 0.15) is 11.3 Å². The molecule has 3 unspecified atom stereocenters. The molecular formula is C9H15F2NO. The van der Waals surface area contributed by atoms with Crippen LogP contribution in [0, 0.1) is 0 Å². The summed E-state index contributed by atoms with van der Waals surface area (Å²) in [5, 5.41) is 10.5. The van der Waals surface area contributed by atoms with Crippen molar-refractivity contribution in [2.75, 3.05) is 6.54 Å². The monoisotopic (exact) mass is 191 g/mol. The first-order chi connectivity index (χ1) is 5.90. The number of halogens is 2. The predicted octanol–water partition coefficient (Wildman–Crippen LogP) is 2.07. The molecule has 1 saturated carbocycles. The average molecular weight is 191 g/mol. The molecule has 0 radical (unpaired) electrons. The van der Waals surface area contributed by atoms with Gasteiger partial charge in [0.15, 0.2) is 0 Å². The molecule has 2 rings (SSSR count). The van der Waals surface area contributed by atoms with Gasteiger partial charge in [0, 0.05) is 19.0 Å². The highest BCUT2D eigenvalue weighted by Gasteiger charge is 2.51. The zero-order chi connectivity index (χ0) is 9.69. The molecule has 0 aromatic carbocycles. The minimum absolute atomic E-state index is 0.00958. The lowest BCUT2D eigenvalue weighted by molar-refractivity contribution is -0.201. The second-order valence-corrected chi connectivity index (χ2v) is 4.72. The summed E-state index contributed by atoms with van der Waals surface area (Å²) in [6.07, 6.45) is 0.766. The summed E-state index contributed by atoms with van der Waals surface area (Å²) in [5.41, 5.74) is -2.84. The van der Waals surface area contributed by atoms with E-state index >= 15 is 0 Å². The van der Waals surface area contributed by atoms with Crippen molar-refractivity contribution in [2.24, 2.45) is 0 Å². The molecule has 0 spiro atoms. The highest BCUT2D eigenvalue weighted by Crippen LogP contribution is 2.46. The third-order valence-corrected chi connectivity index (χ3v) is 3.16. The van der Waals surface area contributed by atoms with Crippen LogP contribution in [0.2, 0.25) is 0 Å². The topological polar surface area (TPSA) is 23.5 Å². The second kappa shape index (κ2) is 2.64. The smallest absolute Gasteiger partial charge is 0.117 e. The lowest BCUT2D eigenvalue weighted by atomic mass is 9.72. The van der Waals surface area contributed by atoms with Gasteiger partial charge >= 0.3 is 0 Å². The van der Waals surface area contributed by atoms with Gasteiger partial charge in [0.25, 0.3) is 0 Å². The molecule has 1 aliphatic heterocycles. The van der Waals surface area contributed by atoms with E-state index in [4.69, 9.17) is 0 Å². The zero-order valence-electron chi connectivity index (χ0n) is 7.76. The highest BCUT2D eigenvalue weighted by molar-refractivity contribution is 5.02. The maximum absolute atomic E-state index is 13.9. The summed E-state index contributed by atoms with van der Waals surface area (Å²) in [4.78, 5) is 0. The largest absolute Gasteiger partial charge is 0.314 e. The molecule has 1 saturated heterocycles. The molecule has 1 aliphatic carbocycles. The van der Waals surface area contributed by atoms with E-state index in [9.17, 15) is 14.0 Å². The van der Waals surface area contributed by atoms with E-state index < -0.39 is 11.3 Å². The van der Waals surface area contributed by atoms with Crippen molar-refractivity contribution >= 4 is 0 Å². The second-order valence-electron chi connectivity index (χ2n) is 4.72. The first kappa shape index (κ1) is 9.34. The lowest BCUT2D eigenvalue weighted by Gasteiger charge is -2.47. The Labute approximate surface area is 76.5 Å². The van der Waals surface area contributed by atoms with Crippen LogP contribution in [0.5, 0.6) is 0 Å². The Balaban J connectivity index is 2.19. The molecule has 1 N–H and O–H groups in total. The fourth-order valence-corrected chi connectivity index (χ4v) is 2.69. The fourth-order valence-electron chi connectivity index (χ4n) is 2.69. The summed E-state index contributed by atoms with van der Waals surface area (Å²) in [7, 11) is 0. The van der Waals surface area contributed by atoms with E-state index in [0.717, 1.165) is 5.06 Å². The predicted molar refractivity (Wildman–Crippen MR) is 44.1 cm³/mol. The van der Waals surface area contributed by atoms with Gasteiger partial charge in [-0.25, -0.2) is 8.78 Å². The molecule has 13 heavy (non-hydrogen) atoms. The van der Waals surface area contributed by atoms with E-state index in [0.29, 0.717) is 6.54 Å². The normalized spacial score (nSPS) is 52.2. The maximum Gasteiger partial charge on any atom is 0.117 e. The Bertz CT molecular complexity index is 220. The van der Waals surface area contributed by atoms with Gasteiger partial charge < -0.3 is 5.21 Å². The van der Waals surface area contributed by atoms with Gasteiger partial charge in [0.05, 0.1) is 0 Å². The molecule has 76 valence electrons. The third-order valence-electron chi connectivity index (χ3n) is 3.16. The van der Waals surface area contributed by atoms with Crippen LogP contribution >= 0.6 is 0 Å². The summed E-state index contributed by atoms with van der Waals surface area (Å²) in [5.74, 6) is 0. The molecule has 4 heteroatoms. The van der Waals surface area contributed by atoms with Gasteiger partial charge in [-0.05, 0) is 26.2 Å². The number of nitrogens with zero attached hydrogens (tertiary/aromatic N) is 1. The molecule has 0 aromatic heterocycles. The molecule has 0 aromatic rings. The molecule has 1 heterocycles. The van der Waals surface area contributed by atoms with Gasteiger partial charge in [0.2, 0.25) is 0 Å². The number of hydrogen-bond donors (Lipinski definition) is 1. The van der Waals surface area contributed by atoms with Crippen molar-refractivity contribution in [3.63, 3.8) is 0 Å². The number of fused-ring (bicyclic) bond motifs is 2. The Kier molecular flexibility index (Phi) is 1.90. The van der Waals surface area contributed by atoms with Gasteiger partial charge in [-0.3, -0.25) is 0 Å². The van der Waals surface area contributed by atoms with Crippen molar-refractivity contribution in [1.29, 1.82) is 0 Å². The number of hydroxylamine groups is 2. The number of rotatable bonds is 0.